The average Bonchev–Trinajstić information content (AvgIpc) is 2.32. The maximum Gasteiger partial charge on any atom is 0.222 e. The molecule has 1 fully saturated rings. The first-order chi connectivity index (χ1) is 7.78. The molecule has 0 saturated carbocycles. The van der Waals surface area contributed by atoms with E-state index in [1.54, 1.807) is 12.4 Å². The van der Waals surface area contributed by atoms with E-state index in [2.05, 4.69) is 27.1 Å². The Morgan fingerprint density at radius 1 is 1.50 bits per heavy atom. The summed E-state index contributed by atoms with van der Waals surface area (Å²) in [4.78, 5) is 10.8. The van der Waals surface area contributed by atoms with Gasteiger partial charge in [0.1, 0.15) is 0 Å². The van der Waals surface area contributed by atoms with E-state index < -0.39 is 0 Å². The van der Waals surface area contributed by atoms with E-state index in [1.807, 2.05) is 0 Å². The summed E-state index contributed by atoms with van der Waals surface area (Å²) >= 11 is 0. The summed E-state index contributed by atoms with van der Waals surface area (Å²) in [6.45, 7) is 5.59. The fourth-order valence-corrected chi connectivity index (χ4v) is 2.06. The van der Waals surface area contributed by atoms with Gasteiger partial charge in [-0.2, -0.15) is 0 Å². The first-order valence-electron chi connectivity index (χ1n) is 5.84. The molecule has 1 atom stereocenters. The Morgan fingerprint density at radius 2 is 2.25 bits per heavy atom. The maximum absolute atomic E-state index is 5.54. The van der Waals surface area contributed by atoms with Gasteiger partial charge in [0.05, 0.1) is 18.1 Å². The number of hydrogen-bond acceptors (Lipinski definition) is 5. The molecule has 1 unspecified atom stereocenters. The molecule has 1 saturated heterocycles. The van der Waals surface area contributed by atoms with Gasteiger partial charge in [0.25, 0.3) is 0 Å². The summed E-state index contributed by atoms with van der Waals surface area (Å²) in [5.74, 6) is 0.678. The van der Waals surface area contributed by atoms with Crippen LogP contribution in [0.1, 0.15) is 19.8 Å². The number of hydrogen-bond donors (Lipinski definition) is 2. The molecule has 88 valence electrons. The van der Waals surface area contributed by atoms with E-state index in [-0.39, 0.29) is 0 Å². The van der Waals surface area contributed by atoms with Crippen LogP contribution in [0.15, 0.2) is 12.4 Å². The lowest BCUT2D eigenvalue weighted by Gasteiger charge is -2.32. The topological polar surface area (TPSA) is 67.1 Å². The van der Waals surface area contributed by atoms with Gasteiger partial charge in [-0.1, -0.05) is 6.92 Å². The van der Waals surface area contributed by atoms with Crippen molar-refractivity contribution < 1.29 is 0 Å². The van der Waals surface area contributed by atoms with Crippen molar-refractivity contribution >= 4 is 11.6 Å². The smallest absolute Gasteiger partial charge is 0.222 e. The third-order valence-corrected chi connectivity index (χ3v) is 2.96. The molecular weight excluding hydrogens is 202 g/mol. The maximum atomic E-state index is 5.54. The van der Waals surface area contributed by atoms with Crippen LogP contribution in [-0.2, 0) is 0 Å². The summed E-state index contributed by atoms with van der Waals surface area (Å²) in [6, 6.07) is 0.456. The molecule has 16 heavy (non-hydrogen) atoms. The van der Waals surface area contributed by atoms with E-state index >= 15 is 0 Å². The van der Waals surface area contributed by atoms with Crippen molar-refractivity contribution in [3.05, 3.63) is 12.4 Å². The molecule has 0 amide bonds. The highest BCUT2D eigenvalue weighted by molar-refractivity contribution is 5.36. The lowest BCUT2D eigenvalue weighted by Crippen LogP contribution is -2.42. The molecule has 2 heterocycles. The minimum atomic E-state index is 0.456. The zero-order valence-corrected chi connectivity index (χ0v) is 9.69. The fraction of sp³-hybridized carbons (Fsp3) is 0.636. The van der Waals surface area contributed by atoms with Crippen molar-refractivity contribution in [1.29, 1.82) is 0 Å². The van der Waals surface area contributed by atoms with E-state index in [0.717, 1.165) is 13.1 Å². The van der Waals surface area contributed by atoms with Crippen LogP contribution in [-0.4, -0.2) is 40.5 Å². The highest BCUT2D eigenvalue weighted by Crippen LogP contribution is 2.13. The molecule has 1 aromatic heterocycles. The predicted octanol–water partition coefficient (Wildman–Crippen LogP) is 0.955. The summed E-state index contributed by atoms with van der Waals surface area (Å²) in [7, 11) is 0. The first kappa shape index (κ1) is 11.1. The molecule has 0 aliphatic carbocycles. The first-order valence-corrected chi connectivity index (χ1v) is 5.84. The van der Waals surface area contributed by atoms with Crippen LogP contribution < -0.4 is 11.1 Å². The van der Waals surface area contributed by atoms with Gasteiger partial charge in [-0.15, -0.1) is 0 Å². The number of piperidine rings is 1. The standard InChI is InChI=1S/C11H19N5/c1-2-16-5-3-4-10(8-16)15-11-13-6-9(12)7-14-11/h6-7,10H,2-5,8,12H2,1H3,(H,13,14,15). The minimum absolute atomic E-state index is 0.456. The van der Waals surface area contributed by atoms with Crippen molar-refractivity contribution in [1.82, 2.24) is 14.9 Å². The number of aromatic nitrogens is 2. The van der Waals surface area contributed by atoms with Gasteiger partial charge in [-0.3, -0.25) is 0 Å². The second kappa shape index (κ2) is 5.12. The van der Waals surface area contributed by atoms with Gasteiger partial charge in [-0.25, -0.2) is 9.97 Å². The lowest BCUT2D eigenvalue weighted by molar-refractivity contribution is 0.226. The number of nitrogens with zero attached hydrogens (tertiary/aromatic N) is 3. The van der Waals surface area contributed by atoms with Crippen molar-refractivity contribution in [2.45, 2.75) is 25.8 Å². The SMILES string of the molecule is CCN1CCCC(Nc2ncc(N)cn2)C1. The molecule has 0 radical (unpaired) electrons. The number of nitrogens with two attached hydrogens (primary N) is 1. The number of nitrogen functional groups attached to an aromatic ring is 1. The van der Waals surface area contributed by atoms with Crippen LogP contribution in [0, 0.1) is 0 Å². The summed E-state index contributed by atoms with van der Waals surface area (Å²) < 4.78 is 0. The molecule has 2 rings (SSSR count). The number of rotatable bonds is 3. The highest BCUT2D eigenvalue weighted by Gasteiger charge is 2.18. The van der Waals surface area contributed by atoms with Crippen LogP contribution in [0.4, 0.5) is 11.6 Å². The Bertz CT molecular complexity index is 324. The minimum Gasteiger partial charge on any atom is -0.396 e. The van der Waals surface area contributed by atoms with Crippen LogP contribution in [0.2, 0.25) is 0 Å². The average molecular weight is 221 g/mol. The molecule has 1 aliphatic rings. The van der Waals surface area contributed by atoms with Crippen LogP contribution in [0.3, 0.4) is 0 Å². The monoisotopic (exact) mass is 221 g/mol. The number of likely N-dealkylation sites (N-methyl/N-ethyl adjacent to an activating group) is 1. The summed E-state index contributed by atoms with van der Waals surface area (Å²) in [5.41, 5.74) is 6.14. The van der Waals surface area contributed by atoms with Crippen molar-refractivity contribution in [3.8, 4) is 0 Å². The number of likely N-dealkylation sites (tertiary alicyclic amines) is 1. The molecule has 0 aromatic carbocycles. The van der Waals surface area contributed by atoms with E-state index in [4.69, 9.17) is 5.73 Å². The Kier molecular flexibility index (Phi) is 3.56. The van der Waals surface area contributed by atoms with E-state index in [9.17, 15) is 0 Å². The van der Waals surface area contributed by atoms with Gasteiger partial charge < -0.3 is 16.0 Å². The van der Waals surface area contributed by atoms with Gasteiger partial charge in [0.2, 0.25) is 5.95 Å². The quantitative estimate of drug-likeness (QED) is 0.795. The summed E-state index contributed by atoms with van der Waals surface area (Å²) in [5, 5.41) is 3.35. The normalized spacial score (nSPS) is 21.9. The van der Waals surface area contributed by atoms with Crippen LogP contribution in [0.25, 0.3) is 0 Å². The third-order valence-electron chi connectivity index (χ3n) is 2.96. The molecular formula is C11H19N5. The zero-order chi connectivity index (χ0) is 11.4. The molecule has 1 aliphatic heterocycles. The Labute approximate surface area is 96.1 Å². The largest absolute Gasteiger partial charge is 0.396 e. The van der Waals surface area contributed by atoms with Gasteiger partial charge >= 0.3 is 0 Å². The van der Waals surface area contributed by atoms with E-state index in [0.29, 0.717) is 17.7 Å². The van der Waals surface area contributed by atoms with E-state index in [1.165, 1.54) is 19.4 Å². The van der Waals surface area contributed by atoms with Crippen molar-refractivity contribution in [2.75, 3.05) is 30.7 Å². The predicted molar refractivity (Wildman–Crippen MR) is 65.2 cm³/mol. The van der Waals surface area contributed by atoms with Crippen LogP contribution >= 0.6 is 0 Å². The van der Waals surface area contributed by atoms with Crippen LogP contribution in [0.5, 0.6) is 0 Å². The number of nitrogens with one attached hydrogen (secondary N) is 1. The lowest BCUT2D eigenvalue weighted by atomic mass is 10.1. The molecule has 3 N–H and O–H groups in total. The zero-order valence-electron chi connectivity index (χ0n) is 9.69. The second-order valence-electron chi connectivity index (χ2n) is 4.22. The molecule has 0 bridgehead atoms. The Hall–Kier alpha value is -1.36. The molecule has 0 spiro atoms. The van der Waals surface area contributed by atoms with Crippen molar-refractivity contribution in [2.24, 2.45) is 0 Å². The van der Waals surface area contributed by atoms with Gasteiger partial charge in [-0.05, 0) is 25.9 Å². The fourth-order valence-electron chi connectivity index (χ4n) is 2.06. The Balaban J connectivity index is 1.91. The highest BCUT2D eigenvalue weighted by atomic mass is 15.2. The molecule has 5 heteroatoms. The Morgan fingerprint density at radius 3 is 2.94 bits per heavy atom. The van der Waals surface area contributed by atoms with Gasteiger partial charge in [0, 0.05) is 12.6 Å². The number of anilines is 2. The molecule has 5 nitrogen and oxygen atoms in total. The van der Waals surface area contributed by atoms with Crippen molar-refractivity contribution in [3.63, 3.8) is 0 Å². The second-order valence-corrected chi connectivity index (χ2v) is 4.22. The van der Waals surface area contributed by atoms with Gasteiger partial charge in [0.15, 0.2) is 0 Å². The molecule has 1 aromatic rings. The summed E-state index contributed by atoms with van der Waals surface area (Å²) in [6.07, 6.45) is 5.69. The third kappa shape index (κ3) is 2.82.